The normalized spacial score (nSPS) is 16.2. The topological polar surface area (TPSA) is 92.9 Å². The standard InChI is InChI=1S/C25H20N2O5S/c1-13-10-14(2)20-18(11-13)33-25(26-20)27-21(15-6-4-7-16(12-15)31-3)19(23(29)24(27)30)22(28)17-8-5-9-32-17/h4-12,21,29H,1-3H3. The summed E-state index contributed by atoms with van der Waals surface area (Å²) >= 11 is 1.34. The Morgan fingerprint density at radius 3 is 2.73 bits per heavy atom. The zero-order valence-electron chi connectivity index (χ0n) is 18.2. The summed E-state index contributed by atoms with van der Waals surface area (Å²) in [5.74, 6) is -1.27. The molecule has 2 aromatic heterocycles. The minimum absolute atomic E-state index is 0.0369. The second kappa shape index (κ2) is 7.90. The maximum atomic E-state index is 13.3. The van der Waals surface area contributed by atoms with Crippen molar-refractivity contribution in [1.82, 2.24) is 4.98 Å². The van der Waals surface area contributed by atoms with Crippen molar-refractivity contribution < 1.29 is 23.8 Å². The lowest BCUT2D eigenvalue weighted by Crippen LogP contribution is -2.31. The van der Waals surface area contributed by atoms with Crippen LogP contribution >= 0.6 is 11.3 Å². The summed E-state index contributed by atoms with van der Waals surface area (Å²) in [6.45, 7) is 3.96. The Kier molecular flexibility index (Phi) is 5.02. The molecule has 1 atom stereocenters. The number of benzene rings is 2. The van der Waals surface area contributed by atoms with Crippen molar-refractivity contribution in [2.75, 3.05) is 12.0 Å². The Bertz CT molecular complexity index is 1430. The fraction of sp³-hybridized carbons (Fsp3) is 0.160. The van der Waals surface area contributed by atoms with Gasteiger partial charge in [-0.15, -0.1) is 0 Å². The number of aliphatic hydroxyl groups is 1. The summed E-state index contributed by atoms with van der Waals surface area (Å²) in [6, 6.07) is 13.3. The van der Waals surface area contributed by atoms with Crippen molar-refractivity contribution in [3.05, 3.63) is 88.6 Å². The van der Waals surface area contributed by atoms with Gasteiger partial charge in [-0.1, -0.05) is 29.5 Å². The predicted molar refractivity (Wildman–Crippen MR) is 125 cm³/mol. The molecule has 2 aromatic carbocycles. The number of nitrogens with zero attached hydrogens (tertiary/aromatic N) is 2. The van der Waals surface area contributed by atoms with E-state index in [1.807, 2.05) is 26.0 Å². The molecular formula is C25H20N2O5S. The predicted octanol–water partition coefficient (Wildman–Crippen LogP) is 5.30. The summed E-state index contributed by atoms with van der Waals surface area (Å²) < 4.78 is 11.6. The SMILES string of the molecule is COc1cccc(C2C(C(=O)c3ccco3)=C(O)C(=O)N2c2nc3c(C)cc(C)cc3s2)c1. The van der Waals surface area contributed by atoms with E-state index in [9.17, 15) is 14.7 Å². The second-order valence-corrected chi connectivity index (χ2v) is 8.86. The average Bonchev–Trinajstić information content (AvgIpc) is 3.53. The smallest absolute Gasteiger partial charge is 0.296 e. The summed E-state index contributed by atoms with van der Waals surface area (Å²) in [5, 5.41) is 11.3. The van der Waals surface area contributed by atoms with E-state index in [0.29, 0.717) is 16.4 Å². The molecule has 0 saturated carbocycles. The fourth-order valence-electron chi connectivity index (χ4n) is 4.16. The first-order chi connectivity index (χ1) is 15.9. The molecule has 0 fully saturated rings. The molecule has 1 unspecified atom stereocenters. The van der Waals surface area contributed by atoms with Crippen LogP contribution in [-0.2, 0) is 4.79 Å². The highest BCUT2D eigenvalue weighted by Gasteiger charge is 2.46. The first-order valence-corrected chi connectivity index (χ1v) is 11.1. The second-order valence-electron chi connectivity index (χ2n) is 7.85. The molecule has 0 bridgehead atoms. The average molecular weight is 461 g/mol. The van der Waals surface area contributed by atoms with E-state index < -0.39 is 23.5 Å². The molecule has 5 rings (SSSR count). The van der Waals surface area contributed by atoms with Crippen molar-refractivity contribution in [2.45, 2.75) is 19.9 Å². The van der Waals surface area contributed by atoms with Crippen molar-refractivity contribution in [2.24, 2.45) is 0 Å². The van der Waals surface area contributed by atoms with Gasteiger partial charge in [-0.25, -0.2) is 4.98 Å². The maximum Gasteiger partial charge on any atom is 0.296 e. The van der Waals surface area contributed by atoms with Gasteiger partial charge in [0, 0.05) is 0 Å². The minimum atomic E-state index is -0.896. The van der Waals surface area contributed by atoms with Crippen molar-refractivity contribution in [3.63, 3.8) is 0 Å². The van der Waals surface area contributed by atoms with Gasteiger partial charge in [0.2, 0.25) is 5.78 Å². The number of carbonyl (C=O) groups is 2. The lowest BCUT2D eigenvalue weighted by Gasteiger charge is -2.24. The van der Waals surface area contributed by atoms with Gasteiger partial charge in [-0.3, -0.25) is 14.5 Å². The number of hydrogen-bond acceptors (Lipinski definition) is 7. The van der Waals surface area contributed by atoms with E-state index in [1.165, 1.54) is 35.7 Å². The van der Waals surface area contributed by atoms with E-state index >= 15 is 0 Å². The minimum Gasteiger partial charge on any atom is -0.503 e. The van der Waals surface area contributed by atoms with Crippen molar-refractivity contribution >= 4 is 38.4 Å². The largest absolute Gasteiger partial charge is 0.503 e. The summed E-state index contributed by atoms with van der Waals surface area (Å²) in [6.07, 6.45) is 1.37. The van der Waals surface area contributed by atoms with Gasteiger partial charge in [-0.05, 0) is 60.9 Å². The van der Waals surface area contributed by atoms with Gasteiger partial charge in [0.05, 0.1) is 35.2 Å². The van der Waals surface area contributed by atoms with E-state index in [0.717, 1.165) is 21.3 Å². The molecular weight excluding hydrogens is 440 g/mol. The van der Waals surface area contributed by atoms with Gasteiger partial charge in [0.15, 0.2) is 16.7 Å². The molecule has 33 heavy (non-hydrogen) atoms. The van der Waals surface area contributed by atoms with Crippen LogP contribution in [-0.4, -0.2) is 28.9 Å². The number of fused-ring (bicyclic) bond motifs is 1. The van der Waals surface area contributed by atoms with Crippen LogP contribution in [0.25, 0.3) is 10.2 Å². The molecule has 8 heteroatoms. The quantitative estimate of drug-likeness (QED) is 0.407. The molecule has 1 aliphatic heterocycles. The summed E-state index contributed by atoms with van der Waals surface area (Å²) in [5.41, 5.74) is 3.40. The van der Waals surface area contributed by atoms with Crippen LogP contribution in [0.3, 0.4) is 0 Å². The number of methoxy groups -OCH3 is 1. The number of carbonyl (C=O) groups excluding carboxylic acids is 2. The van der Waals surface area contributed by atoms with Crippen LogP contribution in [0.4, 0.5) is 5.13 Å². The number of rotatable bonds is 5. The highest BCUT2D eigenvalue weighted by molar-refractivity contribution is 7.22. The number of furan rings is 1. The number of aromatic nitrogens is 1. The third-order valence-corrected chi connectivity index (χ3v) is 6.63. The molecule has 7 nitrogen and oxygen atoms in total. The zero-order valence-corrected chi connectivity index (χ0v) is 19.0. The van der Waals surface area contributed by atoms with Crippen LogP contribution in [0.15, 0.2) is 70.5 Å². The highest BCUT2D eigenvalue weighted by Crippen LogP contribution is 2.45. The molecule has 4 aromatic rings. The zero-order chi connectivity index (χ0) is 23.3. The Balaban J connectivity index is 1.71. The Morgan fingerprint density at radius 1 is 1.18 bits per heavy atom. The summed E-state index contributed by atoms with van der Waals surface area (Å²) in [4.78, 5) is 32.7. The summed E-state index contributed by atoms with van der Waals surface area (Å²) in [7, 11) is 1.54. The third kappa shape index (κ3) is 3.39. The number of aliphatic hydroxyl groups excluding tert-OH is 1. The molecule has 1 N–H and O–H groups in total. The molecule has 0 radical (unpaired) electrons. The molecule has 0 saturated heterocycles. The monoisotopic (exact) mass is 460 g/mol. The number of ketones is 1. The van der Waals surface area contributed by atoms with Crippen LogP contribution in [0, 0.1) is 13.8 Å². The number of thiazole rings is 1. The molecule has 166 valence electrons. The first kappa shape index (κ1) is 21.0. The molecule has 1 aliphatic rings. The first-order valence-electron chi connectivity index (χ1n) is 10.3. The Morgan fingerprint density at radius 2 is 2.00 bits per heavy atom. The Labute approximate surface area is 193 Å². The lowest BCUT2D eigenvalue weighted by molar-refractivity contribution is -0.117. The third-order valence-electron chi connectivity index (χ3n) is 5.63. The molecule has 0 aliphatic carbocycles. The van der Waals surface area contributed by atoms with Gasteiger partial charge in [0.1, 0.15) is 5.75 Å². The van der Waals surface area contributed by atoms with Crippen LogP contribution < -0.4 is 9.64 Å². The van der Waals surface area contributed by atoms with Crippen molar-refractivity contribution in [3.8, 4) is 5.75 Å². The fourth-order valence-corrected chi connectivity index (χ4v) is 5.33. The molecule has 3 heterocycles. The van der Waals surface area contributed by atoms with E-state index in [-0.39, 0.29) is 11.3 Å². The number of ether oxygens (including phenoxy) is 1. The van der Waals surface area contributed by atoms with Gasteiger partial charge < -0.3 is 14.3 Å². The number of hydrogen-bond donors (Lipinski definition) is 1. The highest BCUT2D eigenvalue weighted by atomic mass is 32.1. The number of amides is 1. The number of aryl methyl sites for hydroxylation is 2. The van der Waals surface area contributed by atoms with Gasteiger partial charge >= 0.3 is 0 Å². The maximum absolute atomic E-state index is 13.3. The number of Topliss-reactive ketones (excluding diaryl/α,β-unsaturated/α-hetero) is 1. The van der Waals surface area contributed by atoms with Gasteiger partial charge in [0.25, 0.3) is 5.91 Å². The van der Waals surface area contributed by atoms with E-state index in [4.69, 9.17) is 14.1 Å². The Hall–Kier alpha value is -3.91. The van der Waals surface area contributed by atoms with Gasteiger partial charge in [-0.2, -0.15) is 0 Å². The molecule has 1 amide bonds. The van der Waals surface area contributed by atoms with Crippen LogP contribution in [0.5, 0.6) is 5.75 Å². The lowest BCUT2D eigenvalue weighted by atomic mass is 9.95. The number of anilines is 1. The van der Waals surface area contributed by atoms with E-state index in [2.05, 4.69) is 0 Å². The van der Waals surface area contributed by atoms with Crippen LogP contribution in [0.2, 0.25) is 0 Å². The van der Waals surface area contributed by atoms with Crippen LogP contribution in [0.1, 0.15) is 33.3 Å². The van der Waals surface area contributed by atoms with Crippen molar-refractivity contribution in [1.29, 1.82) is 0 Å². The van der Waals surface area contributed by atoms with E-state index in [1.54, 1.807) is 30.3 Å². The molecule has 0 spiro atoms.